The highest BCUT2D eigenvalue weighted by molar-refractivity contribution is 6.30. The van der Waals surface area contributed by atoms with Gasteiger partial charge in [0.15, 0.2) is 0 Å². The van der Waals surface area contributed by atoms with Crippen molar-refractivity contribution in [2.75, 3.05) is 6.61 Å². The minimum absolute atomic E-state index is 0.0902. The van der Waals surface area contributed by atoms with E-state index in [0.29, 0.717) is 11.4 Å². The zero-order valence-electron chi connectivity index (χ0n) is 9.38. The third-order valence-corrected chi connectivity index (χ3v) is 2.96. The molecule has 90 valence electrons. The number of aromatic nitrogens is 1. The van der Waals surface area contributed by atoms with E-state index < -0.39 is 0 Å². The van der Waals surface area contributed by atoms with Crippen LogP contribution in [0.25, 0.3) is 5.69 Å². The molecule has 0 spiro atoms. The molecule has 0 bridgehead atoms. The molecule has 3 nitrogen and oxygen atoms in total. The van der Waals surface area contributed by atoms with Gasteiger partial charge in [-0.05, 0) is 42.8 Å². The first-order valence-corrected chi connectivity index (χ1v) is 5.90. The van der Waals surface area contributed by atoms with Gasteiger partial charge >= 0.3 is 0 Å². The molecule has 3 N–H and O–H groups in total. The number of nitrogens with two attached hydrogens (primary N) is 1. The van der Waals surface area contributed by atoms with Crippen molar-refractivity contribution in [1.29, 1.82) is 0 Å². The van der Waals surface area contributed by atoms with Gasteiger partial charge in [0.2, 0.25) is 0 Å². The first kappa shape index (κ1) is 12.2. The summed E-state index contributed by atoms with van der Waals surface area (Å²) in [5.74, 6) is 0. The molecule has 17 heavy (non-hydrogen) atoms. The molecular weight excluding hydrogens is 236 g/mol. The molecule has 0 saturated carbocycles. The highest BCUT2D eigenvalue weighted by Gasteiger charge is 2.10. The van der Waals surface area contributed by atoms with Gasteiger partial charge in [-0.2, -0.15) is 0 Å². The third kappa shape index (κ3) is 2.69. The molecule has 0 saturated heterocycles. The Morgan fingerprint density at radius 1 is 1.24 bits per heavy atom. The number of rotatable bonds is 4. The van der Waals surface area contributed by atoms with E-state index in [9.17, 15) is 0 Å². The number of hydrogen-bond acceptors (Lipinski definition) is 2. The van der Waals surface area contributed by atoms with Crippen LogP contribution < -0.4 is 5.73 Å². The van der Waals surface area contributed by atoms with E-state index in [1.165, 1.54) is 0 Å². The standard InChI is InChI=1S/C13H15ClN2O/c14-10-3-5-11(6-4-10)16-8-1-2-13(16)12(15)7-9-17/h1-6,8,12,17H,7,9,15H2. The number of hydrogen-bond donors (Lipinski definition) is 2. The summed E-state index contributed by atoms with van der Waals surface area (Å²) >= 11 is 5.86. The second-order valence-electron chi connectivity index (χ2n) is 3.90. The van der Waals surface area contributed by atoms with E-state index in [1.54, 1.807) is 0 Å². The topological polar surface area (TPSA) is 51.2 Å². The van der Waals surface area contributed by atoms with Crippen LogP contribution in [0.5, 0.6) is 0 Å². The first-order chi connectivity index (χ1) is 8.22. The number of halogens is 1. The summed E-state index contributed by atoms with van der Waals surface area (Å²) in [5.41, 5.74) is 8.01. The number of nitrogens with zero attached hydrogens (tertiary/aromatic N) is 1. The summed E-state index contributed by atoms with van der Waals surface area (Å²) in [6.07, 6.45) is 2.51. The molecule has 2 aromatic rings. The van der Waals surface area contributed by atoms with Crippen molar-refractivity contribution < 1.29 is 5.11 Å². The molecule has 0 radical (unpaired) electrons. The summed E-state index contributed by atoms with van der Waals surface area (Å²) in [6, 6.07) is 11.3. The molecule has 1 atom stereocenters. The zero-order valence-corrected chi connectivity index (χ0v) is 10.1. The number of benzene rings is 1. The monoisotopic (exact) mass is 250 g/mol. The third-order valence-electron chi connectivity index (χ3n) is 2.71. The van der Waals surface area contributed by atoms with Gasteiger partial charge in [0.1, 0.15) is 0 Å². The lowest BCUT2D eigenvalue weighted by Crippen LogP contribution is -2.15. The van der Waals surface area contributed by atoms with Crippen molar-refractivity contribution in [3.05, 3.63) is 53.3 Å². The van der Waals surface area contributed by atoms with Crippen molar-refractivity contribution in [1.82, 2.24) is 4.57 Å². The van der Waals surface area contributed by atoms with Crippen molar-refractivity contribution in [3.63, 3.8) is 0 Å². The van der Waals surface area contributed by atoms with Crippen molar-refractivity contribution in [2.45, 2.75) is 12.5 Å². The van der Waals surface area contributed by atoms with E-state index in [2.05, 4.69) is 0 Å². The van der Waals surface area contributed by atoms with E-state index in [-0.39, 0.29) is 12.6 Å². The summed E-state index contributed by atoms with van der Waals surface area (Å²) in [4.78, 5) is 0. The largest absolute Gasteiger partial charge is 0.396 e. The Morgan fingerprint density at radius 3 is 2.59 bits per heavy atom. The lowest BCUT2D eigenvalue weighted by atomic mass is 10.1. The summed E-state index contributed by atoms with van der Waals surface area (Å²) in [7, 11) is 0. The van der Waals surface area contributed by atoms with Gasteiger partial charge in [-0.15, -0.1) is 0 Å². The lowest BCUT2D eigenvalue weighted by Gasteiger charge is -2.14. The minimum Gasteiger partial charge on any atom is -0.396 e. The molecule has 0 aliphatic carbocycles. The Labute approximate surface area is 105 Å². The molecule has 0 aliphatic heterocycles. The van der Waals surface area contributed by atoms with Crippen LogP contribution in [0.15, 0.2) is 42.6 Å². The fourth-order valence-corrected chi connectivity index (χ4v) is 1.95. The van der Waals surface area contributed by atoms with Gasteiger partial charge in [0.25, 0.3) is 0 Å². The summed E-state index contributed by atoms with van der Waals surface area (Å²) in [5, 5.41) is 9.64. The number of aliphatic hydroxyl groups excluding tert-OH is 1. The molecule has 0 fully saturated rings. The molecule has 1 heterocycles. The Balaban J connectivity index is 2.33. The Bertz CT molecular complexity index is 478. The molecule has 0 aliphatic rings. The maximum atomic E-state index is 8.93. The van der Waals surface area contributed by atoms with Crippen molar-refractivity contribution in [3.8, 4) is 5.69 Å². The Kier molecular flexibility index (Phi) is 3.84. The van der Waals surface area contributed by atoms with Gasteiger partial charge in [0, 0.05) is 35.2 Å². The van der Waals surface area contributed by atoms with E-state index >= 15 is 0 Å². The maximum Gasteiger partial charge on any atom is 0.0475 e. The van der Waals surface area contributed by atoms with Crippen molar-refractivity contribution >= 4 is 11.6 Å². The van der Waals surface area contributed by atoms with Crippen LogP contribution in [0, 0.1) is 0 Å². The molecule has 4 heteroatoms. The molecule has 2 rings (SSSR count). The SMILES string of the molecule is NC(CCO)c1cccn1-c1ccc(Cl)cc1. The van der Waals surface area contributed by atoms with Crippen LogP contribution in [-0.2, 0) is 0 Å². The van der Waals surface area contributed by atoms with Gasteiger partial charge in [-0.3, -0.25) is 0 Å². The average Bonchev–Trinajstić information content (AvgIpc) is 2.79. The van der Waals surface area contributed by atoms with Gasteiger partial charge in [-0.25, -0.2) is 0 Å². The lowest BCUT2D eigenvalue weighted by molar-refractivity contribution is 0.275. The zero-order chi connectivity index (χ0) is 12.3. The van der Waals surface area contributed by atoms with E-state index in [1.807, 2.05) is 47.2 Å². The van der Waals surface area contributed by atoms with Gasteiger partial charge < -0.3 is 15.4 Å². The molecular formula is C13H15ClN2O. The Hall–Kier alpha value is -1.29. The predicted molar refractivity (Wildman–Crippen MR) is 69.4 cm³/mol. The van der Waals surface area contributed by atoms with Crippen LogP contribution in [0.4, 0.5) is 0 Å². The number of aliphatic hydroxyl groups is 1. The van der Waals surface area contributed by atoms with Gasteiger partial charge in [0.05, 0.1) is 0 Å². The average molecular weight is 251 g/mol. The second kappa shape index (κ2) is 5.36. The molecule has 1 aromatic heterocycles. The summed E-state index contributed by atoms with van der Waals surface area (Å²) in [6.45, 7) is 0.0902. The predicted octanol–water partition coefficient (Wildman–Crippen LogP) is 2.51. The second-order valence-corrected chi connectivity index (χ2v) is 4.33. The fourth-order valence-electron chi connectivity index (χ4n) is 1.82. The Morgan fingerprint density at radius 2 is 1.94 bits per heavy atom. The highest BCUT2D eigenvalue weighted by atomic mass is 35.5. The van der Waals surface area contributed by atoms with Crippen LogP contribution in [0.3, 0.4) is 0 Å². The van der Waals surface area contributed by atoms with Crippen LogP contribution >= 0.6 is 11.6 Å². The first-order valence-electron chi connectivity index (χ1n) is 5.52. The summed E-state index contributed by atoms with van der Waals surface area (Å²) < 4.78 is 2.01. The maximum absolute atomic E-state index is 8.93. The smallest absolute Gasteiger partial charge is 0.0475 e. The van der Waals surface area contributed by atoms with E-state index in [4.69, 9.17) is 22.4 Å². The normalized spacial score (nSPS) is 12.6. The fraction of sp³-hybridized carbons (Fsp3) is 0.231. The quantitative estimate of drug-likeness (QED) is 0.876. The highest BCUT2D eigenvalue weighted by Crippen LogP contribution is 2.20. The molecule has 1 aromatic carbocycles. The molecule has 1 unspecified atom stereocenters. The molecule has 0 amide bonds. The van der Waals surface area contributed by atoms with Crippen LogP contribution in [0.2, 0.25) is 5.02 Å². The van der Waals surface area contributed by atoms with Crippen LogP contribution in [-0.4, -0.2) is 16.3 Å². The minimum atomic E-state index is -0.161. The van der Waals surface area contributed by atoms with Crippen molar-refractivity contribution in [2.24, 2.45) is 5.73 Å². The van der Waals surface area contributed by atoms with Crippen LogP contribution in [0.1, 0.15) is 18.2 Å². The van der Waals surface area contributed by atoms with Gasteiger partial charge in [-0.1, -0.05) is 11.6 Å². The van der Waals surface area contributed by atoms with E-state index in [0.717, 1.165) is 11.4 Å².